The first-order chi connectivity index (χ1) is 5.58. The summed E-state index contributed by atoms with van der Waals surface area (Å²) in [5.41, 5.74) is -0.912. The molecule has 0 aromatic rings. The third-order valence-corrected chi connectivity index (χ3v) is 2.83. The van der Waals surface area contributed by atoms with Crippen molar-refractivity contribution in [3.63, 3.8) is 0 Å². The molecule has 1 fully saturated rings. The van der Waals surface area contributed by atoms with Crippen molar-refractivity contribution in [2.45, 2.75) is 32.6 Å². The molecule has 0 spiro atoms. The fourth-order valence-corrected chi connectivity index (χ4v) is 1.55. The van der Waals surface area contributed by atoms with E-state index < -0.39 is 11.4 Å². The van der Waals surface area contributed by atoms with E-state index in [9.17, 15) is 4.79 Å². The van der Waals surface area contributed by atoms with Crippen molar-refractivity contribution in [1.82, 2.24) is 0 Å². The van der Waals surface area contributed by atoms with Crippen LogP contribution in [0.1, 0.15) is 32.6 Å². The Morgan fingerprint density at radius 1 is 1.58 bits per heavy atom. The van der Waals surface area contributed by atoms with Crippen LogP contribution in [0.3, 0.4) is 0 Å². The molecule has 1 aliphatic carbocycles. The molecule has 12 heavy (non-hydrogen) atoms. The van der Waals surface area contributed by atoms with Crippen LogP contribution >= 0.6 is 0 Å². The zero-order valence-corrected chi connectivity index (χ0v) is 7.42. The summed E-state index contributed by atoms with van der Waals surface area (Å²) in [6.07, 6.45) is 4.09. The molecular weight excluding hydrogens is 156 g/mol. The molecule has 0 aromatic carbocycles. The average Bonchev–Trinajstić information content (AvgIpc) is 1.96. The van der Waals surface area contributed by atoms with E-state index in [-0.39, 0.29) is 6.61 Å². The van der Waals surface area contributed by atoms with Gasteiger partial charge in [0.15, 0.2) is 0 Å². The van der Waals surface area contributed by atoms with Gasteiger partial charge in [-0.2, -0.15) is 0 Å². The number of carboxylic acids is 1. The van der Waals surface area contributed by atoms with Crippen LogP contribution in [0.5, 0.6) is 0 Å². The predicted molar refractivity (Wildman–Crippen MR) is 44.8 cm³/mol. The van der Waals surface area contributed by atoms with Crippen molar-refractivity contribution in [1.29, 1.82) is 0 Å². The van der Waals surface area contributed by atoms with E-state index >= 15 is 0 Å². The van der Waals surface area contributed by atoms with Gasteiger partial charge in [-0.3, -0.25) is 4.79 Å². The molecule has 3 nitrogen and oxygen atoms in total. The van der Waals surface area contributed by atoms with Gasteiger partial charge in [-0.25, -0.2) is 0 Å². The van der Waals surface area contributed by atoms with Gasteiger partial charge in [-0.15, -0.1) is 0 Å². The number of hydrogen-bond acceptors (Lipinski definition) is 2. The first-order valence-electron chi connectivity index (χ1n) is 4.43. The van der Waals surface area contributed by atoms with E-state index in [1.54, 1.807) is 6.92 Å². The Morgan fingerprint density at radius 3 is 2.42 bits per heavy atom. The van der Waals surface area contributed by atoms with Gasteiger partial charge in [0, 0.05) is 0 Å². The molecule has 0 heterocycles. The van der Waals surface area contributed by atoms with Gasteiger partial charge in [0.2, 0.25) is 0 Å². The molecule has 1 aliphatic rings. The lowest BCUT2D eigenvalue weighted by Gasteiger charge is -2.32. The molecule has 1 rings (SSSR count). The van der Waals surface area contributed by atoms with Crippen molar-refractivity contribution in [2.75, 3.05) is 6.61 Å². The summed E-state index contributed by atoms with van der Waals surface area (Å²) in [6.45, 7) is 1.37. The van der Waals surface area contributed by atoms with E-state index in [0.717, 1.165) is 12.8 Å². The molecule has 3 heteroatoms. The molecule has 1 saturated carbocycles. The Balaban J connectivity index is 2.47. The minimum atomic E-state index is -0.912. The maximum absolute atomic E-state index is 10.8. The van der Waals surface area contributed by atoms with Gasteiger partial charge in [0.05, 0.1) is 12.0 Å². The zero-order chi connectivity index (χ0) is 9.19. The Labute approximate surface area is 72.4 Å². The highest BCUT2D eigenvalue weighted by Gasteiger charge is 2.36. The Hall–Kier alpha value is -0.570. The third kappa shape index (κ3) is 1.78. The van der Waals surface area contributed by atoms with Crippen LogP contribution in [-0.4, -0.2) is 22.8 Å². The first-order valence-corrected chi connectivity index (χ1v) is 4.43. The van der Waals surface area contributed by atoms with Gasteiger partial charge >= 0.3 is 5.97 Å². The highest BCUT2D eigenvalue weighted by Crippen LogP contribution is 2.37. The number of hydrogen-bond donors (Lipinski definition) is 2. The Bertz CT molecular complexity index is 175. The van der Waals surface area contributed by atoms with Crippen molar-refractivity contribution in [2.24, 2.45) is 11.3 Å². The summed E-state index contributed by atoms with van der Waals surface area (Å²) < 4.78 is 0. The summed E-state index contributed by atoms with van der Waals surface area (Å²) >= 11 is 0. The SMILES string of the molecule is CC(CO)(CC1CCC1)C(=O)O. The molecule has 1 unspecified atom stereocenters. The molecule has 0 aromatic heterocycles. The summed E-state index contributed by atoms with van der Waals surface area (Å²) in [4.78, 5) is 10.8. The third-order valence-electron chi connectivity index (χ3n) is 2.83. The largest absolute Gasteiger partial charge is 0.481 e. The molecule has 0 radical (unpaired) electrons. The molecule has 0 amide bonds. The quantitative estimate of drug-likeness (QED) is 0.671. The maximum atomic E-state index is 10.8. The summed E-state index contributed by atoms with van der Waals surface area (Å²) in [5.74, 6) is -0.352. The van der Waals surface area contributed by atoms with Crippen LogP contribution in [0.4, 0.5) is 0 Å². The lowest BCUT2D eigenvalue weighted by molar-refractivity contribution is -0.152. The maximum Gasteiger partial charge on any atom is 0.311 e. The van der Waals surface area contributed by atoms with E-state index in [2.05, 4.69) is 0 Å². The molecule has 70 valence electrons. The van der Waals surface area contributed by atoms with Crippen LogP contribution in [0.15, 0.2) is 0 Å². The molecular formula is C9H16O3. The van der Waals surface area contributed by atoms with Crippen LogP contribution in [0.25, 0.3) is 0 Å². The second kappa shape index (κ2) is 3.44. The van der Waals surface area contributed by atoms with E-state index in [1.807, 2.05) is 0 Å². The van der Waals surface area contributed by atoms with Gasteiger partial charge in [0.25, 0.3) is 0 Å². The minimum absolute atomic E-state index is 0.251. The molecule has 0 saturated heterocycles. The number of rotatable bonds is 4. The van der Waals surface area contributed by atoms with E-state index in [1.165, 1.54) is 6.42 Å². The molecule has 0 aliphatic heterocycles. The van der Waals surface area contributed by atoms with Gasteiger partial charge in [-0.05, 0) is 19.3 Å². The van der Waals surface area contributed by atoms with Crippen LogP contribution in [-0.2, 0) is 4.79 Å². The summed E-state index contributed by atoms with van der Waals surface area (Å²) in [7, 11) is 0. The summed E-state index contributed by atoms with van der Waals surface area (Å²) in [5, 5.41) is 17.8. The summed E-state index contributed by atoms with van der Waals surface area (Å²) in [6, 6.07) is 0. The van der Waals surface area contributed by atoms with E-state index in [4.69, 9.17) is 10.2 Å². The topological polar surface area (TPSA) is 57.5 Å². The van der Waals surface area contributed by atoms with Crippen LogP contribution in [0.2, 0.25) is 0 Å². The highest BCUT2D eigenvalue weighted by atomic mass is 16.4. The number of aliphatic hydroxyl groups is 1. The standard InChI is InChI=1S/C9H16O3/c1-9(6-10,8(11)12)5-7-3-2-4-7/h7,10H,2-6H2,1H3,(H,11,12). The monoisotopic (exact) mass is 172 g/mol. The predicted octanol–water partition coefficient (Wildman–Crippen LogP) is 1.26. The second-order valence-electron chi connectivity index (χ2n) is 4.02. The van der Waals surface area contributed by atoms with Crippen LogP contribution < -0.4 is 0 Å². The number of carbonyl (C=O) groups is 1. The van der Waals surface area contributed by atoms with Crippen LogP contribution in [0, 0.1) is 11.3 Å². The molecule has 1 atom stereocenters. The number of aliphatic carboxylic acids is 1. The highest BCUT2D eigenvalue weighted by molar-refractivity contribution is 5.74. The van der Waals surface area contributed by atoms with Gasteiger partial charge in [-0.1, -0.05) is 19.3 Å². The fourth-order valence-electron chi connectivity index (χ4n) is 1.55. The Morgan fingerprint density at radius 2 is 2.17 bits per heavy atom. The molecule has 2 N–H and O–H groups in total. The second-order valence-corrected chi connectivity index (χ2v) is 4.02. The zero-order valence-electron chi connectivity index (χ0n) is 7.42. The fraction of sp³-hybridized carbons (Fsp3) is 0.889. The molecule has 0 bridgehead atoms. The van der Waals surface area contributed by atoms with Gasteiger partial charge < -0.3 is 10.2 Å². The lowest BCUT2D eigenvalue weighted by atomic mass is 9.73. The van der Waals surface area contributed by atoms with E-state index in [0.29, 0.717) is 12.3 Å². The minimum Gasteiger partial charge on any atom is -0.481 e. The number of aliphatic hydroxyl groups excluding tert-OH is 1. The lowest BCUT2D eigenvalue weighted by Crippen LogP contribution is -2.35. The Kier molecular flexibility index (Phi) is 2.73. The van der Waals surface area contributed by atoms with Crippen molar-refractivity contribution >= 4 is 5.97 Å². The van der Waals surface area contributed by atoms with Gasteiger partial charge in [0.1, 0.15) is 0 Å². The normalized spacial score (nSPS) is 22.8. The number of carboxylic acid groups (broad SMARTS) is 1. The van der Waals surface area contributed by atoms with Crippen molar-refractivity contribution < 1.29 is 15.0 Å². The first kappa shape index (κ1) is 9.52. The van der Waals surface area contributed by atoms with Crippen molar-refractivity contribution in [3.05, 3.63) is 0 Å². The average molecular weight is 172 g/mol. The van der Waals surface area contributed by atoms with Crippen molar-refractivity contribution in [3.8, 4) is 0 Å². The smallest absolute Gasteiger partial charge is 0.311 e.